The average Bonchev–Trinajstić information content (AvgIpc) is 2.53. The van der Waals surface area contributed by atoms with Gasteiger partial charge in [-0.1, -0.05) is 54.6 Å². The van der Waals surface area contributed by atoms with Crippen molar-refractivity contribution in [3.8, 4) is 0 Å². The van der Waals surface area contributed by atoms with Crippen LogP contribution in [0.1, 0.15) is 12.0 Å². The van der Waals surface area contributed by atoms with Crippen LogP contribution in [0.15, 0.2) is 73.3 Å². The van der Waals surface area contributed by atoms with Crippen molar-refractivity contribution >= 4 is 5.69 Å². The van der Waals surface area contributed by atoms with Gasteiger partial charge in [-0.2, -0.15) is 0 Å². The Hall–Kier alpha value is -2.10. The van der Waals surface area contributed by atoms with E-state index in [1.807, 2.05) is 60.7 Å². The Kier molecular flexibility index (Phi) is 6.00. The smallest absolute Gasteiger partial charge is 0.115 e. The zero-order valence-electron chi connectivity index (χ0n) is 12.0. The first kappa shape index (κ1) is 15.3. The molecule has 2 aromatic carbocycles. The third-order valence-electron chi connectivity index (χ3n) is 3.22. The summed E-state index contributed by atoms with van der Waals surface area (Å²) in [6.45, 7) is 3.67. The van der Waals surface area contributed by atoms with Gasteiger partial charge in [0.1, 0.15) is 6.10 Å². The molecule has 0 saturated heterocycles. The summed E-state index contributed by atoms with van der Waals surface area (Å²) in [6.07, 6.45) is 1.89. The quantitative estimate of drug-likeness (QED) is 0.575. The predicted molar refractivity (Wildman–Crippen MR) is 85.9 cm³/mol. The number of hydrogen-bond acceptors (Lipinski definition) is 3. The summed E-state index contributed by atoms with van der Waals surface area (Å²) < 4.78 is 0. The van der Waals surface area contributed by atoms with Crippen molar-refractivity contribution in [3.05, 3.63) is 78.9 Å². The lowest BCUT2D eigenvalue weighted by atomic mass is 10.0. The van der Waals surface area contributed by atoms with Gasteiger partial charge in [0.2, 0.25) is 0 Å². The molecule has 0 saturated carbocycles. The van der Waals surface area contributed by atoms with Crippen LogP contribution >= 0.6 is 0 Å². The van der Waals surface area contributed by atoms with Crippen LogP contribution in [0.25, 0.3) is 0 Å². The first-order valence-corrected chi connectivity index (χ1v) is 7.09. The maximum atomic E-state index is 10.2. The summed E-state index contributed by atoms with van der Waals surface area (Å²) in [4.78, 5) is 5.70. The number of benzene rings is 2. The minimum Gasteiger partial charge on any atom is -0.390 e. The fraction of sp³-hybridized carbons (Fsp3) is 0.222. The number of para-hydroxylation sites is 1. The van der Waals surface area contributed by atoms with Crippen LogP contribution in [-0.2, 0) is 11.3 Å². The lowest BCUT2D eigenvalue weighted by Gasteiger charge is -2.23. The molecule has 3 nitrogen and oxygen atoms in total. The monoisotopic (exact) mass is 283 g/mol. The second-order valence-electron chi connectivity index (χ2n) is 4.91. The van der Waals surface area contributed by atoms with Crippen LogP contribution in [0.5, 0.6) is 0 Å². The zero-order chi connectivity index (χ0) is 14.9. The Morgan fingerprint density at radius 2 is 1.67 bits per heavy atom. The largest absolute Gasteiger partial charge is 0.390 e. The van der Waals surface area contributed by atoms with Gasteiger partial charge in [-0.05, 0) is 24.1 Å². The maximum Gasteiger partial charge on any atom is 0.115 e. The number of nitrogens with one attached hydrogen (secondary N) is 1. The van der Waals surface area contributed by atoms with Gasteiger partial charge >= 0.3 is 0 Å². The van der Waals surface area contributed by atoms with E-state index in [0.29, 0.717) is 12.8 Å². The number of anilines is 1. The summed E-state index contributed by atoms with van der Waals surface area (Å²) in [5.41, 5.74) is 4.90. The molecule has 2 atom stereocenters. The van der Waals surface area contributed by atoms with E-state index in [1.54, 1.807) is 6.08 Å². The van der Waals surface area contributed by atoms with Crippen LogP contribution in [0.4, 0.5) is 5.69 Å². The highest BCUT2D eigenvalue weighted by molar-refractivity contribution is 5.40. The number of aliphatic hydroxyl groups excluding tert-OH is 1. The van der Waals surface area contributed by atoms with Crippen LogP contribution in [0.3, 0.4) is 0 Å². The Morgan fingerprint density at radius 1 is 1.05 bits per heavy atom. The van der Waals surface area contributed by atoms with E-state index < -0.39 is 6.10 Å². The number of aliphatic hydroxyl groups is 1. The lowest BCUT2D eigenvalue weighted by molar-refractivity contribution is -0.0104. The molecule has 0 aliphatic rings. The fourth-order valence-electron chi connectivity index (χ4n) is 2.08. The standard InChI is InChI=1S/C18H21NO2/c1-2-9-17(20)18(14-15-10-5-3-6-11-15)21-19-16-12-7-4-8-13-16/h2-8,10-13,17-20H,1,9,14H2/t17-,18-/m1/s1. The third-order valence-corrected chi connectivity index (χ3v) is 3.22. The van der Waals surface area contributed by atoms with Gasteiger partial charge in [0.25, 0.3) is 0 Å². The van der Waals surface area contributed by atoms with Crippen LogP contribution < -0.4 is 5.48 Å². The molecule has 0 aromatic heterocycles. The van der Waals surface area contributed by atoms with Crippen molar-refractivity contribution in [3.63, 3.8) is 0 Å². The van der Waals surface area contributed by atoms with Crippen LogP contribution in [-0.4, -0.2) is 17.3 Å². The molecule has 0 fully saturated rings. The second kappa shape index (κ2) is 8.25. The number of rotatable bonds is 8. The molecule has 21 heavy (non-hydrogen) atoms. The third kappa shape index (κ3) is 5.06. The van der Waals surface area contributed by atoms with Gasteiger partial charge in [0.15, 0.2) is 0 Å². The molecule has 110 valence electrons. The summed E-state index contributed by atoms with van der Waals surface area (Å²) >= 11 is 0. The van der Waals surface area contributed by atoms with Crippen molar-refractivity contribution in [2.24, 2.45) is 0 Å². The molecule has 0 aliphatic heterocycles. The first-order chi connectivity index (χ1) is 10.3. The van der Waals surface area contributed by atoms with E-state index in [4.69, 9.17) is 4.84 Å². The highest BCUT2D eigenvalue weighted by atomic mass is 16.7. The van der Waals surface area contributed by atoms with Gasteiger partial charge in [-0.25, -0.2) is 0 Å². The SMILES string of the molecule is C=CC[C@@H](O)[C@@H](Cc1ccccc1)ONc1ccccc1. The van der Waals surface area contributed by atoms with E-state index in [1.165, 1.54) is 0 Å². The molecular formula is C18H21NO2. The van der Waals surface area contributed by atoms with Crippen LogP contribution in [0.2, 0.25) is 0 Å². The highest BCUT2D eigenvalue weighted by Crippen LogP contribution is 2.14. The van der Waals surface area contributed by atoms with Crippen molar-refractivity contribution in [2.45, 2.75) is 25.0 Å². The molecule has 2 N–H and O–H groups in total. The molecule has 0 aliphatic carbocycles. The summed E-state index contributed by atoms with van der Waals surface area (Å²) in [5.74, 6) is 0. The first-order valence-electron chi connectivity index (χ1n) is 7.09. The van der Waals surface area contributed by atoms with E-state index in [9.17, 15) is 5.11 Å². The normalized spacial score (nSPS) is 13.4. The Morgan fingerprint density at radius 3 is 2.29 bits per heavy atom. The molecule has 0 amide bonds. The zero-order valence-corrected chi connectivity index (χ0v) is 12.0. The topological polar surface area (TPSA) is 41.5 Å². The highest BCUT2D eigenvalue weighted by Gasteiger charge is 2.20. The Labute approximate surface area is 125 Å². The predicted octanol–water partition coefficient (Wildman–Crippen LogP) is 3.58. The fourth-order valence-corrected chi connectivity index (χ4v) is 2.08. The van der Waals surface area contributed by atoms with Crippen molar-refractivity contribution < 1.29 is 9.94 Å². The van der Waals surface area contributed by atoms with Gasteiger partial charge in [0.05, 0.1) is 11.8 Å². The number of hydrogen-bond donors (Lipinski definition) is 2. The van der Waals surface area contributed by atoms with Gasteiger partial charge in [-0.15, -0.1) is 6.58 Å². The summed E-state index contributed by atoms with van der Waals surface area (Å²) in [7, 11) is 0. The summed E-state index contributed by atoms with van der Waals surface area (Å²) in [6, 6.07) is 19.6. The minimum atomic E-state index is -0.598. The molecule has 2 aromatic rings. The van der Waals surface area contributed by atoms with Crippen molar-refractivity contribution in [1.82, 2.24) is 0 Å². The summed E-state index contributed by atoms with van der Waals surface area (Å²) in [5, 5.41) is 10.2. The molecule has 0 spiro atoms. The Balaban J connectivity index is 2.00. The lowest BCUT2D eigenvalue weighted by Crippen LogP contribution is -2.32. The van der Waals surface area contributed by atoms with Gasteiger partial charge in [0, 0.05) is 6.42 Å². The maximum absolute atomic E-state index is 10.2. The van der Waals surface area contributed by atoms with E-state index in [0.717, 1.165) is 11.3 Å². The minimum absolute atomic E-state index is 0.342. The molecular weight excluding hydrogens is 262 g/mol. The molecule has 0 radical (unpaired) electrons. The van der Waals surface area contributed by atoms with E-state index in [2.05, 4.69) is 12.1 Å². The van der Waals surface area contributed by atoms with Gasteiger partial charge in [-0.3, -0.25) is 10.3 Å². The Bertz CT molecular complexity index is 527. The molecule has 2 rings (SSSR count). The molecule has 0 unspecified atom stereocenters. The molecule has 0 bridgehead atoms. The van der Waals surface area contributed by atoms with Gasteiger partial charge < -0.3 is 5.11 Å². The average molecular weight is 283 g/mol. The van der Waals surface area contributed by atoms with Crippen molar-refractivity contribution in [1.29, 1.82) is 0 Å². The van der Waals surface area contributed by atoms with E-state index in [-0.39, 0.29) is 6.10 Å². The second-order valence-corrected chi connectivity index (χ2v) is 4.91. The van der Waals surface area contributed by atoms with Crippen LogP contribution in [0, 0.1) is 0 Å². The molecule has 0 heterocycles. The van der Waals surface area contributed by atoms with Crippen molar-refractivity contribution in [2.75, 3.05) is 5.48 Å². The molecule has 3 heteroatoms. The van der Waals surface area contributed by atoms with E-state index >= 15 is 0 Å².